The maximum atomic E-state index is 13.1. The Bertz CT molecular complexity index is 564. The SMILES string of the molecule is Cc1cccc(C2(C(=O)N3CCNC(=O)CC3)CCC2)c1. The third-order valence-corrected chi connectivity index (χ3v) is 4.79. The van der Waals surface area contributed by atoms with E-state index in [1.54, 1.807) is 0 Å². The Morgan fingerprint density at radius 3 is 2.76 bits per heavy atom. The lowest BCUT2D eigenvalue weighted by Gasteiger charge is -2.44. The van der Waals surface area contributed by atoms with Crippen molar-refractivity contribution in [2.45, 2.75) is 38.0 Å². The van der Waals surface area contributed by atoms with E-state index in [-0.39, 0.29) is 17.2 Å². The normalized spacial score (nSPS) is 21.2. The number of rotatable bonds is 2. The molecule has 1 saturated carbocycles. The van der Waals surface area contributed by atoms with E-state index in [2.05, 4.69) is 30.4 Å². The molecule has 0 aromatic heterocycles. The number of nitrogens with one attached hydrogen (secondary N) is 1. The minimum Gasteiger partial charge on any atom is -0.354 e. The van der Waals surface area contributed by atoms with Crippen LogP contribution in [0.25, 0.3) is 0 Å². The fourth-order valence-corrected chi connectivity index (χ4v) is 3.37. The fraction of sp³-hybridized carbons (Fsp3) is 0.529. The summed E-state index contributed by atoms with van der Waals surface area (Å²) in [7, 11) is 0. The minimum atomic E-state index is -0.348. The summed E-state index contributed by atoms with van der Waals surface area (Å²) in [6.07, 6.45) is 3.36. The molecule has 0 bridgehead atoms. The minimum absolute atomic E-state index is 0.0449. The number of amides is 2. The van der Waals surface area contributed by atoms with Crippen LogP contribution < -0.4 is 5.32 Å². The van der Waals surface area contributed by atoms with Crippen LogP contribution in [0.4, 0.5) is 0 Å². The van der Waals surface area contributed by atoms with Crippen molar-refractivity contribution in [3.8, 4) is 0 Å². The summed E-state index contributed by atoms with van der Waals surface area (Å²) >= 11 is 0. The van der Waals surface area contributed by atoms with Gasteiger partial charge in [-0.05, 0) is 25.3 Å². The summed E-state index contributed by atoms with van der Waals surface area (Å²) in [4.78, 5) is 26.4. The number of benzene rings is 1. The zero-order chi connectivity index (χ0) is 14.9. The largest absolute Gasteiger partial charge is 0.354 e. The van der Waals surface area contributed by atoms with Gasteiger partial charge in [-0.25, -0.2) is 0 Å². The van der Waals surface area contributed by atoms with Crippen LogP contribution in [-0.2, 0) is 15.0 Å². The Morgan fingerprint density at radius 2 is 2.10 bits per heavy atom. The first-order chi connectivity index (χ1) is 10.1. The predicted octanol–water partition coefficient (Wildman–Crippen LogP) is 1.77. The first-order valence-corrected chi connectivity index (χ1v) is 7.75. The highest BCUT2D eigenvalue weighted by molar-refractivity contribution is 5.90. The molecule has 1 heterocycles. The van der Waals surface area contributed by atoms with Crippen molar-refractivity contribution in [1.82, 2.24) is 10.2 Å². The summed E-state index contributed by atoms with van der Waals surface area (Å²) in [6.45, 7) is 3.79. The molecule has 1 aliphatic carbocycles. The number of carbonyl (C=O) groups is 2. The quantitative estimate of drug-likeness (QED) is 0.900. The lowest BCUT2D eigenvalue weighted by atomic mass is 9.63. The highest BCUT2D eigenvalue weighted by Crippen LogP contribution is 2.45. The maximum Gasteiger partial charge on any atom is 0.233 e. The van der Waals surface area contributed by atoms with Crippen LogP contribution in [0.5, 0.6) is 0 Å². The van der Waals surface area contributed by atoms with Crippen LogP contribution >= 0.6 is 0 Å². The number of hydrogen-bond acceptors (Lipinski definition) is 2. The molecule has 2 aliphatic rings. The van der Waals surface area contributed by atoms with Gasteiger partial charge >= 0.3 is 0 Å². The second-order valence-electron chi connectivity index (χ2n) is 6.20. The standard InChI is InChI=1S/C17H22N2O2/c1-13-4-2-5-14(12-13)17(7-3-8-17)16(21)19-10-6-15(20)18-9-11-19/h2,4-5,12H,3,6-11H2,1H3,(H,18,20). The molecule has 4 heteroatoms. The second-order valence-corrected chi connectivity index (χ2v) is 6.20. The Hall–Kier alpha value is -1.84. The molecule has 1 aliphatic heterocycles. The van der Waals surface area contributed by atoms with Gasteiger partial charge < -0.3 is 10.2 Å². The highest BCUT2D eigenvalue weighted by Gasteiger charge is 2.47. The molecule has 1 saturated heterocycles. The molecule has 2 fully saturated rings. The van der Waals surface area contributed by atoms with E-state index in [4.69, 9.17) is 0 Å². The van der Waals surface area contributed by atoms with Crippen molar-refractivity contribution >= 4 is 11.8 Å². The van der Waals surface area contributed by atoms with Gasteiger partial charge in [0.1, 0.15) is 0 Å². The zero-order valence-electron chi connectivity index (χ0n) is 12.5. The van der Waals surface area contributed by atoms with Gasteiger partial charge in [0.15, 0.2) is 0 Å². The first kappa shape index (κ1) is 14.1. The van der Waals surface area contributed by atoms with Gasteiger partial charge in [0.05, 0.1) is 5.41 Å². The molecule has 0 atom stereocenters. The summed E-state index contributed by atoms with van der Waals surface area (Å²) in [5.74, 6) is 0.249. The Labute approximate surface area is 125 Å². The average Bonchev–Trinajstić information content (AvgIpc) is 2.62. The van der Waals surface area contributed by atoms with E-state index in [1.165, 1.54) is 5.56 Å². The third-order valence-electron chi connectivity index (χ3n) is 4.79. The molecule has 1 aromatic rings. The summed E-state index contributed by atoms with van der Waals surface area (Å²) in [5.41, 5.74) is 1.99. The molecule has 21 heavy (non-hydrogen) atoms. The third kappa shape index (κ3) is 2.55. The number of aryl methyl sites for hydroxylation is 1. The first-order valence-electron chi connectivity index (χ1n) is 7.75. The van der Waals surface area contributed by atoms with Crippen LogP contribution in [0.1, 0.15) is 36.8 Å². The molecule has 1 aromatic carbocycles. The Kier molecular flexibility index (Phi) is 3.70. The van der Waals surface area contributed by atoms with Crippen molar-refractivity contribution in [1.29, 1.82) is 0 Å². The van der Waals surface area contributed by atoms with Gasteiger partial charge in [-0.2, -0.15) is 0 Å². The molecule has 4 nitrogen and oxygen atoms in total. The van der Waals surface area contributed by atoms with Gasteiger partial charge in [-0.3, -0.25) is 9.59 Å². The summed E-state index contributed by atoms with van der Waals surface area (Å²) in [6, 6.07) is 8.31. The monoisotopic (exact) mass is 286 g/mol. The van der Waals surface area contributed by atoms with Crippen molar-refractivity contribution in [3.05, 3.63) is 35.4 Å². The second kappa shape index (κ2) is 5.51. The van der Waals surface area contributed by atoms with Gasteiger partial charge in [0.25, 0.3) is 0 Å². The van der Waals surface area contributed by atoms with Crippen molar-refractivity contribution in [3.63, 3.8) is 0 Å². The van der Waals surface area contributed by atoms with Crippen molar-refractivity contribution in [2.75, 3.05) is 19.6 Å². The fourth-order valence-electron chi connectivity index (χ4n) is 3.37. The Balaban J connectivity index is 1.85. The molecule has 1 N–H and O–H groups in total. The molecule has 0 unspecified atom stereocenters. The molecule has 0 radical (unpaired) electrons. The highest BCUT2D eigenvalue weighted by atomic mass is 16.2. The van der Waals surface area contributed by atoms with E-state index in [0.29, 0.717) is 26.1 Å². The lowest BCUT2D eigenvalue weighted by molar-refractivity contribution is -0.140. The molecule has 112 valence electrons. The van der Waals surface area contributed by atoms with E-state index in [9.17, 15) is 9.59 Å². The average molecular weight is 286 g/mol. The number of hydrogen-bond donors (Lipinski definition) is 1. The maximum absolute atomic E-state index is 13.1. The van der Waals surface area contributed by atoms with E-state index < -0.39 is 0 Å². The van der Waals surface area contributed by atoms with Crippen molar-refractivity contribution in [2.24, 2.45) is 0 Å². The van der Waals surface area contributed by atoms with Gasteiger partial charge in [-0.1, -0.05) is 36.2 Å². The lowest BCUT2D eigenvalue weighted by Crippen LogP contribution is -2.51. The van der Waals surface area contributed by atoms with Crippen LogP contribution in [0.3, 0.4) is 0 Å². The van der Waals surface area contributed by atoms with Gasteiger partial charge in [-0.15, -0.1) is 0 Å². The molecular formula is C17H22N2O2. The van der Waals surface area contributed by atoms with E-state index in [1.807, 2.05) is 11.0 Å². The molecule has 2 amide bonds. The summed E-state index contributed by atoms with van der Waals surface area (Å²) in [5, 5.41) is 2.83. The van der Waals surface area contributed by atoms with E-state index >= 15 is 0 Å². The number of nitrogens with zero attached hydrogens (tertiary/aromatic N) is 1. The van der Waals surface area contributed by atoms with Gasteiger partial charge in [0, 0.05) is 26.1 Å². The smallest absolute Gasteiger partial charge is 0.233 e. The van der Waals surface area contributed by atoms with E-state index in [0.717, 1.165) is 24.8 Å². The molecule has 3 rings (SSSR count). The molecular weight excluding hydrogens is 264 g/mol. The van der Waals surface area contributed by atoms with Crippen LogP contribution in [0.2, 0.25) is 0 Å². The van der Waals surface area contributed by atoms with Crippen LogP contribution in [0.15, 0.2) is 24.3 Å². The molecule has 0 spiro atoms. The van der Waals surface area contributed by atoms with Gasteiger partial charge in [0.2, 0.25) is 11.8 Å². The van der Waals surface area contributed by atoms with Crippen LogP contribution in [0, 0.1) is 6.92 Å². The zero-order valence-corrected chi connectivity index (χ0v) is 12.5. The van der Waals surface area contributed by atoms with Crippen LogP contribution in [-0.4, -0.2) is 36.3 Å². The number of carbonyl (C=O) groups excluding carboxylic acids is 2. The predicted molar refractivity (Wildman–Crippen MR) is 80.9 cm³/mol. The topological polar surface area (TPSA) is 49.4 Å². The Morgan fingerprint density at radius 1 is 1.29 bits per heavy atom. The van der Waals surface area contributed by atoms with Crippen molar-refractivity contribution < 1.29 is 9.59 Å². The summed E-state index contributed by atoms with van der Waals surface area (Å²) < 4.78 is 0.